The molecule has 176 valence electrons. The van der Waals surface area contributed by atoms with Gasteiger partial charge in [0.2, 0.25) is 26.6 Å². The van der Waals surface area contributed by atoms with Crippen LogP contribution in [-0.2, 0) is 24.1 Å². The molecule has 3 heterocycles. The lowest BCUT2D eigenvalue weighted by molar-refractivity contribution is -0.122. The first-order chi connectivity index (χ1) is 15.8. The van der Waals surface area contributed by atoms with E-state index in [9.17, 15) is 13.2 Å². The van der Waals surface area contributed by atoms with Crippen LogP contribution in [0.5, 0.6) is 0 Å². The predicted octanol–water partition coefficient (Wildman–Crippen LogP) is 2.50. The minimum Gasteiger partial charge on any atom is -0.420 e. The Labute approximate surface area is 201 Å². The number of sulfone groups is 1. The highest BCUT2D eigenvalue weighted by Crippen LogP contribution is 2.36. The third kappa shape index (κ3) is 4.99. The lowest BCUT2D eigenvalue weighted by atomic mass is 10.2. The van der Waals surface area contributed by atoms with Crippen molar-refractivity contribution >= 4 is 56.0 Å². The summed E-state index contributed by atoms with van der Waals surface area (Å²) in [6.45, 7) is 4.37. The van der Waals surface area contributed by atoms with Gasteiger partial charge in [-0.25, -0.2) is 8.42 Å². The van der Waals surface area contributed by atoms with Crippen LogP contribution in [0.25, 0.3) is 6.08 Å². The van der Waals surface area contributed by atoms with Gasteiger partial charge in [0.05, 0.1) is 36.2 Å². The molecule has 2 aliphatic heterocycles. The number of ether oxygens (including phenoxy) is 2. The number of amides is 1. The van der Waals surface area contributed by atoms with Crippen molar-refractivity contribution in [3.05, 3.63) is 40.6 Å². The van der Waals surface area contributed by atoms with E-state index in [0.717, 1.165) is 17.3 Å². The van der Waals surface area contributed by atoms with E-state index in [1.54, 1.807) is 36.3 Å². The Balaban J connectivity index is 1.73. The van der Waals surface area contributed by atoms with Crippen molar-refractivity contribution in [2.75, 3.05) is 51.5 Å². The number of hydrogen-bond donors (Lipinski definition) is 0. The standard InChI is InChI=1S/C21H23N3O6S3/c1-14-3-5-15(6-4-14)33(26,27)18-20(23-7-11-29-12-8-23)30-17(22-18)13-16-19(25)24(9-10-28-2)21(31)32-16/h3-6,13H,7-12H2,1-2H3. The van der Waals surface area contributed by atoms with Crippen LogP contribution < -0.4 is 4.90 Å². The molecule has 12 heteroatoms. The van der Waals surface area contributed by atoms with E-state index in [-0.39, 0.29) is 27.6 Å². The van der Waals surface area contributed by atoms with Crippen LogP contribution in [-0.4, -0.2) is 75.1 Å². The number of hydrogen-bond acceptors (Lipinski definition) is 10. The molecule has 0 atom stereocenters. The summed E-state index contributed by atoms with van der Waals surface area (Å²) in [5, 5.41) is -0.186. The number of methoxy groups -OCH3 is 1. The molecule has 9 nitrogen and oxygen atoms in total. The Bertz CT molecular complexity index is 1180. The fourth-order valence-corrected chi connectivity index (χ4v) is 5.93. The molecule has 0 aliphatic carbocycles. The number of rotatable bonds is 7. The van der Waals surface area contributed by atoms with E-state index in [0.29, 0.717) is 48.7 Å². The van der Waals surface area contributed by atoms with Gasteiger partial charge in [-0.2, -0.15) is 4.98 Å². The van der Waals surface area contributed by atoms with Crippen LogP contribution in [0.4, 0.5) is 5.88 Å². The average molecular weight is 510 g/mol. The van der Waals surface area contributed by atoms with Gasteiger partial charge >= 0.3 is 0 Å². The van der Waals surface area contributed by atoms with E-state index >= 15 is 0 Å². The lowest BCUT2D eigenvalue weighted by Crippen LogP contribution is -2.36. The quantitative estimate of drug-likeness (QED) is 0.409. The van der Waals surface area contributed by atoms with E-state index in [1.807, 2.05) is 6.92 Å². The third-order valence-corrected chi connectivity index (χ3v) is 8.17. The molecule has 33 heavy (non-hydrogen) atoms. The van der Waals surface area contributed by atoms with E-state index in [2.05, 4.69) is 4.98 Å². The molecule has 2 saturated heterocycles. The monoisotopic (exact) mass is 509 g/mol. The van der Waals surface area contributed by atoms with Gasteiger partial charge in [0, 0.05) is 26.3 Å². The molecule has 0 spiro atoms. The first-order valence-corrected chi connectivity index (χ1v) is 12.9. The molecule has 0 saturated carbocycles. The number of thioether (sulfide) groups is 1. The average Bonchev–Trinajstić information content (AvgIpc) is 3.35. The van der Waals surface area contributed by atoms with Crippen LogP contribution in [0.1, 0.15) is 11.5 Å². The molecule has 1 aromatic carbocycles. The molecule has 2 fully saturated rings. The highest BCUT2D eigenvalue weighted by molar-refractivity contribution is 8.26. The van der Waals surface area contributed by atoms with Crippen molar-refractivity contribution in [1.29, 1.82) is 0 Å². The maximum absolute atomic E-state index is 13.4. The van der Waals surface area contributed by atoms with E-state index < -0.39 is 9.84 Å². The first-order valence-electron chi connectivity index (χ1n) is 10.2. The van der Waals surface area contributed by atoms with Crippen LogP contribution >= 0.6 is 24.0 Å². The van der Waals surface area contributed by atoms with Crippen molar-refractivity contribution < 1.29 is 27.1 Å². The van der Waals surface area contributed by atoms with E-state index in [4.69, 9.17) is 26.1 Å². The second-order valence-corrected chi connectivity index (χ2v) is 10.9. The lowest BCUT2D eigenvalue weighted by Gasteiger charge is -2.26. The number of morpholine rings is 1. The van der Waals surface area contributed by atoms with Crippen LogP contribution in [0.2, 0.25) is 0 Å². The van der Waals surface area contributed by atoms with Gasteiger partial charge < -0.3 is 18.8 Å². The minimum absolute atomic E-state index is 0.0226. The largest absolute Gasteiger partial charge is 0.420 e. The second kappa shape index (κ2) is 9.94. The molecule has 0 N–H and O–H groups in total. The fraction of sp³-hybridized carbons (Fsp3) is 0.381. The molecular weight excluding hydrogens is 486 g/mol. The van der Waals surface area contributed by atoms with Crippen LogP contribution in [0.3, 0.4) is 0 Å². The summed E-state index contributed by atoms with van der Waals surface area (Å²) in [6, 6.07) is 6.55. The Morgan fingerprint density at radius 3 is 2.61 bits per heavy atom. The van der Waals surface area contributed by atoms with Crippen molar-refractivity contribution in [2.45, 2.75) is 16.8 Å². The molecule has 0 unspecified atom stereocenters. The fourth-order valence-electron chi connectivity index (χ4n) is 3.33. The van der Waals surface area contributed by atoms with Crippen molar-refractivity contribution in [2.24, 2.45) is 0 Å². The molecule has 1 aromatic heterocycles. The van der Waals surface area contributed by atoms with Gasteiger partial charge in [0.1, 0.15) is 4.32 Å². The van der Waals surface area contributed by atoms with E-state index in [1.165, 1.54) is 11.0 Å². The Morgan fingerprint density at radius 2 is 1.94 bits per heavy atom. The zero-order chi connectivity index (χ0) is 23.6. The van der Waals surface area contributed by atoms with Gasteiger partial charge in [0.15, 0.2) is 0 Å². The number of oxazole rings is 1. The Morgan fingerprint density at radius 1 is 1.24 bits per heavy atom. The summed E-state index contributed by atoms with van der Waals surface area (Å²) in [7, 11) is -2.41. The Hall–Kier alpha value is -2.25. The summed E-state index contributed by atoms with van der Waals surface area (Å²) in [5.41, 5.74) is 0.943. The van der Waals surface area contributed by atoms with Crippen molar-refractivity contribution in [3.63, 3.8) is 0 Å². The normalized spacial score (nSPS) is 18.5. The van der Waals surface area contributed by atoms with Gasteiger partial charge in [0.25, 0.3) is 5.91 Å². The maximum atomic E-state index is 13.4. The maximum Gasteiger partial charge on any atom is 0.266 e. The predicted molar refractivity (Wildman–Crippen MR) is 128 cm³/mol. The molecular formula is C21H23N3O6S3. The first kappa shape index (κ1) is 23.9. The zero-order valence-electron chi connectivity index (χ0n) is 18.1. The number of benzene rings is 1. The van der Waals surface area contributed by atoms with Crippen molar-refractivity contribution in [1.82, 2.24) is 9.88 Å². The SMILES string of the molecule is COCCN1C(=O)C(=Cc2nc(S(=O)(=O)c3ccc(C)cc3)c(N3CCOCC3)o2)SC1=S. The van der Waals surface area contributed by atoms with Gasteiger partial charge in [-0.05, 0) is 19.1 Å². The summed E-state index contributed by atoms with van der Waals surface area (Å²) < 4.78 is 43.6. The molecule has 0 bridgehead atoms. The highest BCUT2D eigenvalue weighted by Gasteiger charge is 2.34. The van der Waals surface area contributed by atoms with Crippen molar-refractivity contribution in [3.8, 4) is 0 Å². The molecule has 4 rings (SSSR count). The Kier molecular flexibility index (Phi) is 7.19. The summed E-state index contributed by atoms with van der Waals surface area (Å²) >= 11 is 6.41. The van der Waals surface area contributed by atoms with Gasteiger partial charge in [-0.3, -0.25) is 9.69 Å². The summed E-state index contributed by atoms with van der Waals surface area (Å²) in [4.78, 5) is 20.7. The van der Waals surface area contributed by atoms with Crippen LogP contribution in [0.15, 0.2) is 43.5 Å². The number of carbonyl (C=O) groups is 1. The minimum atomic E-state index is -3.96. The highest BCUT2D eigenvalue weighted by atomic mass is 32.2. The molecule has 0 radical (unpaired) electrons. The zero-order valence-corrected chi connectivity index (χ0v) is 20.6. The van der Waals surface area contributed by atoms with Gasteiger partial charge in [-0.15, -0.1) is 0 Å². The van der Waals surface area contributed by atoms with Crippen LogP contribution in [0, 0.1) is 6.92 Å². The number of aryl methyl sites for hydroxylation is 1. The number of nitrogens with zero attached hydrogens (tertiary/aromatic N) is 3. The number of aromatic nitrogens is 1. The summed E-state index contributed by atoms with van der Waals surface area (Å²) in [5.74, 6) is -0.134. The van der Waals surface area contributed by atoms with Gasteiger partial charge in [-0.1, -0.05) is 41.7 Å². The second-order valence-electron chi connectivity index (χ2n) is 7.40. The topological polar surface area (TPSA) is 102 Å². The molecule has 2 aliphatic rings. The summed E-state index contributed by atoms with van der Waals surface area (Å²) in [6.07, 6.45) is 1.43. The molecule has 1 amide bonds. The third-order valence-electron chi connectivity index (χ3n) is 5.13. The molecule has 2 aromatic rings. The number of thiocarbonyl (C=S) groups is 1. The number of carbonyl (C=O) groups excluding carboxylic acids is 1. The number of anilines is 1. The smallest absolute Gasteiger partial charge is 0.266 e.